The minimum Gasteiger partial charge on any atom is -0.308 e. The first kappa shape index (κ1) is 14.5. The number of aromatic amines is 1. The van der Waals surface area contributed by atoms with Crippen LogP contribution >= 0.6 is 11.6 Å². The van der Waals surface area contributed by atoms with Crippen molar-refractivity contribution in [1.29, 1.82) is 0 Å². The molecule has 0 saturated heterocycles. The molecule has 4 aromatic rings. The molecule has 0 unspecified atom stereocenters. The molecule has 2 heterocycles. The highest BCUT2D eigenvalue weighted by atomic mass is 35.5. The molecule has 0 radical (unpaired) electrons. The van der Waals surface area contributed by atoms with Crippen LogP contribution < -0.4 is 5.56 Å². The Morgan fingerprint density at radius 1 is 1.08 bits per heavy atom. The third kappa shape index (κ3) is 2.77. The minimum atomic E-state index is -0.186. The van der Waals surface area contributed by atoms with Crippen molar-refractivity contribution in [2.75, 3.05) is 0 Å². The van der Waals surface area contributed by atoms with Crippen LogP contribution in [0.4, 0.5) is 0 Å². The summed E-state index contributed by atoms with van der Waals surface area (Å²) in [6.45, 7) is 0.223. The van der Waals surface area contributed by atoms with Gasteiger partial charge in [-0.25, -0.2) is 4.98 Å². The first-order valence-corrected chi connectivity index (χ1v) is 7.58. The second kappa shape index (κ2) is 5.86. The highest BCUT2D eigenvalue weighted by Gasteiger charge is 2.09. The van der Waals surface area contributed by atoms with E-state index in [-0.39, 0.29) is 12.1 Å². The molecule has 0 atom stereocenters. The molecule has 0 spiro atoms. The Balaban J connectivity index is 1.64. The lowest BCUT2D eigenvalue weighted by atomic mass is 10.2. The van der Waals surface area contributed by atoms with E-state index in [9.17, 15) is 4.79 Å². The van der Waals surface area contributed by atoms with Crippen molar-refractivity contribution in [2.45, 2.75) is 6.54 Å². The first-order valence-electron chi connectivity index (χ1n) is 7.21. The lowest BCUT2D eigenvalue weighted by molar-refractivity contribution is 0.555. The molecular weight excluding hydrogens is 328 g/mol. The molecule has 0 bridgehead atoms. The molecule has 0 amide bonds. The van der Waals surface area contributed by atoms with E-state index in [2.05, 4.69) is 25.4 Å². The number of halogens is 1. The van der Waals surface area contributed by atoms with Crippen LogP contribution in [0.25, 0.3) is 22.3 Å². The number of tetrazole rings is 1. The fourth-order valence-electron chi connectivity index (χ4n) is 2.37. The van der Waals surface area contributed by atoms with Gasteiger partial charge in [-0.3, -0.25) is 4.79 Å². The zero-order chi connectivity index (χ0) is 16.5. The van der Waals surface area contributed by atoms with Crippen LogP contribution in [0.5, 0.6) is 0 Å². The number of hydrogen-bond acceptors (Lipinski definition) is 5. The van der Waals surface area contributed by atoms with Gasteiger partial charge in [0.05, 0.1) is 10.9 Å². The van der Waals surface area contributed by atoms with Crippen LogP contribution in [0.15, 0.2) is 53.3 Å². The molecular formula is C16H11ClN6O. The van der Waals surface area contributed by atoms with Crippen LogP contribution in [0.2, 0.25) is 5.02 Å². The van der Waals surface area contributed by atoms with E-state index >= 15 is 0 Å². The van der Waals surface area contributed by atoms with Crippen molar-refractivity contribution in [3.63, 3.8) is 0 Å². The van der Waals surface area contributed by atoms with Gasteiger partial charge in [-0.2, -0.15) is 4.80 Å². The van der Waals surface area contributed by atoms with Crippen LogP contribution in [0.1, 0.15) is 5.82 Å². The molecule has 24 heavy (non-hydrogen) atoms. The number of H-pyrrole nitrogens is 1. The average Bonchev–Trinajstić information content (AvgIpc) is 3.04. The number of rotatable bonds is 3. The van der Waals surface area contributed by atoms with E-state index in [1.807, 2.05) is 18.2 Å². The summed E-state index contributed by atoms with van der Waals surface area (Å²) in [7, 11) is 0. The lowest BCUT2D eigenvalue weighted by Gasteiger charge is -2.01. The molecule has 0 aliphatic carbocycles. The number of benzene rings is 2. The summed E-state index contributed by atoms with van der Waals surface area (Å²) in [6.07, 6.45) is 0. The van der Waals surface area contributed by atoms with Crippen molar-refractivity contribution in [1.82, 2.24) is 30.2 Å². The normalized spacial score (nSPS) is 11.0. The average molecular weight is 339 g/mol. The molecule has 2 aromatic carbocycles. The highest BCUT2D eigenvalue weighted by Crippen LogP contribution is 2.17. The first-order chi connectivity index (χ1) is 11.7. The van der Waals surface area contributed by atoms with Crippen molar-refractivity contribution >= 4 is 22.5 Å². The number of para-hydroxylation sites is 1. The van der Waals surface area contributed by atoms with Gasteiger partial charge in [-0.05, 0) is 41.6 Å². The minimum absolute atomic E-state index is 0.186. The number of aromatic nitrogens is 6. The Kier molecular flexibility index (Phi) is 3.55. The Labute approximate surface area is 140 Å². The molecule has 4 rings (SSSR count). The van der Waals surface area contributed by atoms with Gasteiger partial charge in [-0.1, -0.05) is 23.7 Å². The van der Waals surface area contributed by atoms with Gasteiger partial charge in [0.15, 0.2) is 0 Å². The summed E-state index contributed by atoms with van der Waals surface area (Å²) in [5.41, 5.74) is 1.26. The summed E-state index contributed by atoms with van der Waals surface area (Å²) in [4.78, 5) is 20.6. The van der Waals surface area contributed by atoms with Gasteiger partial charge < -0.3 is 4.98 Å². The zero-order valence-electron chi connectivity index (χ0n) is 12.3. The molecule has 1 N–H and O–H groups in total. The standard InChI is InChI=1S/C16H11ClN6O/c17-11-7-5-10(6-8-11)15-20-22-23(21-15)9-14-18-13-4-2-1-3-12(13)16(24)19-14/h1-8H,9H2,(H,18,19,24). The Hall–Kier alpha value is -3.06. The van der Waals surface area contributed by atoms with Crippen LogP contribution in [0, 0.1) is 0 Å². The number of hydrogen-bond donors (Lipinski definition) is 1. The van der Waals surface area contributed by atoms with Gasteiger partial charge >= 0.3 is 0 Å². The van der Waals surface area contributed by atoms with E-state index in [4.69, 9.17) is 11.6 Å². The summed E-state index contributed by atoms with van der Waals surface area (Å²) < 4.78 is 0. The summed E-state index contributed by atoms with van der Waals surface area (Å²) in [5.74, 6) is 0.952. The van der Waals surface area contributed by atoms with Gasteiger partial charge in [0, 0.05) is 10.6 Å². The third-order valence-corrected chi connectivity index (χ3v) is 3.76. The summed E-state index contributed by atoms with van der Waals surface area (Å²) in [5, 5.41) is 13.5. The largest absolute Gasteiger partial charge is 0.308 e. The summed E-state index contributed by atoms with van der Waals surface area (Å²) >= 11 is 5.87. The maximum atomic E-state index is 12.1. The molecule has 118 valence electrons. The second-order valence-electron chi connectivity index (χ2n) is 5.18. The van der Waals surface area contributed by atoms with Gasteiger partial charge in [0.1, 0.15) is 12.4 Å². The van der Waals surface area contributed by atoms with Gasteiger partial charge in [0.25, 0.3) is 5.56 Å². The number of nitrogens with zero attached hydrogens (tertiary/aromatic N) is 5. The van der Waals surface area contributed by atoms with E-state index in [0.717, 1.165) is 5.56 Å². The fourth-order valence-corrected chi connectivity index (χ4v) is 2.49. The van der Waals surface area contributed by atoms with Gasteiger partial charge in [0.2, 0.25) is 5.82 Å². The molecule has 0 aliphatic heterocycles. The number of fused-ring (bicyclic) bond motifs is 1. The van der Waals surface area contributed by atoms with Crippen molar-refractivity contribution in [3.05, 3.63) is 69.7 Å². The quantitative estimate of drug-likeness (QED) is 0.619. The predicted molar refractivity (Wildman–Crippen MR) is 89.7 cm³/mol. The maximum Gasteiger partial charge on any atom is 0.258 e. The molecule has 0 aliphatic rings. The highest BCUT2D eigenvalue weighted by molar-refractivity contribution is 6.30. The van der Waals surface area contributed by atoms with Crippen LogP contribution in [0.3, 0.4) is 0 Å². The topological polar surface area (TPSA) is 89.4 Å². The smallest absolute Gasteiger partial charge is 0.258 e. The van der Waals surface area contributed by atoms with E-state index < -0.39 is 0 Å². The van der Waals surface area contributed by atoms with E-state index in [1.54, 1.807) is 30.3 Å². The van der Waals surface area contributed by atoms with E-state index in [0.29, 0.717) is 27.6 Å². The van der Waals surface area contributed by atoms with Crippen molar-refractivity contribution < 1.29 is 0 Å². The second-order valence-corrected chi connectivity index (χ2v) is 5.62. The Morgan fingerprint density at radius 3 is 2.71 bits per heavy atom. The molecule has 0 fully saturated rings. The fraction of sp³-hybridized carbons (Fsp3) is 0.0625. The van der Waals surface area contributed by atoms with Gasteiger partial charge in [-0.15, -0.1) is 10.2 Å². The molecule has 7 nitrogen and oxygen atoms in total. The third-order valence-electron chi connectivity index (χ3n) is 3.51. The summed E-state index contributed by atoms with van der Waals surface area (Å²) in [6, 6.07) is 14.3. The SMILES string of the molecule is O=c1[nH]c(Cn2nnc(-c3ccc(Cl)cc3)n2)nc2ccccc12. The molecule has 0 saturated carbocycles. The monoisotopic (exact) mass is 338 g/mol. The molecule has 2 aromatic heterocycles. The zero-order valence-corrected chi connectivity index (χ0v) is 13.1. The lowest BCUT2D eigenvalue weighted by Crippen LogP contribution is -2.15. The van der Waals surface area contributed by atoms with E-state index in [1.165, 1.54) is 4.80 Å². The van der Waals surface area contributed by atoms with Crippen molar-refractivity contribution in [2.24, 2.45) is 0 Å². The number of nitrogens with one attached hydrogen (secondary N) is 1. The Morgan fingerprint density at radius 2 is 1.88 bits per heavy atom. The Bertz CT molecular complexity index is 1070. The van der Waals surface area contributed by atoms with Crippen LogP contribution in [-0.4, -0.2) is 30.2 Å². The molecule has 8 heteroatoms. The van der Waals surface area contributed by atoms with Crippen molar-refractivity contribution in [3.8, 4) is 11.4 Å². The predicted octanol–water partition coefficient (Wildman–Crippen LogP) is 2.28. The van der Waals surface area contributed by atoms with Crippen LogP contribution in [-0.2, 0) is 6.54 Å². The maximum absolute atomic E-state index is 12.1.